The lowest BCUT2D eigenvalue weighted by atomic mass is 10.2. The van der Waals surface area contributed by atoms with Gasteiger partial charge < -0.3 is 5.32 Å². The predicted molar refractivity (Wildman–Crippen MR) is 76.7 cm³/mol. The van der Waals surface area contributed by atoms with Gasteiger partial charge in [0.15, 0.2) is 0 Å². The highest BCUT2D eigenvalue weighted by Gasteiger charge is 2.17. The molecule has 2 heterocycles. The lowest BCUT2D eigenvalue weighted by molar-refractivity contribution is -0.384. The molecule has 0 spiro atoms. The van der Waals surface area contributed by atoms with Crippen LogP contribution in [0.15, 0.2) is 29.8 Å². The molecule has 1 unspecified atom stereocenters. The summed E-state index contributed by atoms with van der Waals surface area (Å²) in [7, 11) is 0. The van der Waals surface area contributed by atoms with E-state index in [9.17, 15) is 10.1 Å². The number of hydrogen-bond donors (Lipinski definition) is 1. The molecular weight excluding hydrogens is 262 g/mol. The molecule has 1 atom stereocenters. The Kier molecular flexibility index (Phi) is 4.11. The van der Waals surface area contributed by atoms with Gasteiger partial charge in [0.2, 0.25) is 5.82 Å². The second-order valence-electron chi connectivity index (χ2n) is 4.47. The van der Waals surface area contributed by atoms with E-state index < -0.39 is 4.92 Å². The average Bonchev–Trinajstić information content (AvgIpc) is 2.83. The van der Waals surface area contributed by atoms with E-state index >= 15 is 0 Å². The number of aryl methyl sites for hydroxylation is 1. The number of hydrogen-bond acceptors (Lipinski definition) is 5. The van der Waals surface area contributed by atoms with Crippen LogP contribution in [-0.4, -0.2) is 15.9 Å². The van der Waals surface area contributed by atoms with E-state index in [0.29, 0.717) is 5.82 Å². The third kappa shape index (κ3) is 3.51. The maximum atomic E-state index is 11.0. The Bertz CT molecular complexity index is 569. The SMILES string of the molecule is Cc1cnc(NC(C)Cc2cccs2)c([N+](=O)[O-])c1. The smallest absolute Gasteiger partial charge is 0.311 e. The van der Waals surface area contributed by atoms with Crippen molar-refractivity contribution in [3.05, 3.63) is 50.3 Å². The highest BCUT2D eigenvalue weighted by Crippen LogP contribution is 2.24. The van der Waals surface area contributed by atoms with Crippen molar-refractivity contribution < 1.29 is 4.92 Å². The van der Waals surface area contributed by atoms with E-state index in [1.165, 1.54) is 10.9 Å². The number of rotatable bonds is 5. The van der Waals surface area contributed by atoms with Crippen LogP contribution in [0.4, 0.5) is 11.5 Å². The van der Waals surface area contributed by atoms with Gasteiger partial charge in [-0.1, -0.05) is 6.07 Å². The lowest BCUT2D eigenvalue weighted by Crippen LogP contribution is -2.19. The fourth-order valence-corrected chi connectivity index (χ4v) is 2.65. The minimum absolute atomic E-state index is 0.0260. The van der Waals surface area contributed by atoms with Crippen LogP contribution in [-0.2, 0) is 6.42 Å². The third-order valence-electron chi connectivity index (χ3n) is 2.67. The van der Waals surface area contributed by atoms with Crippen molar-refractivity contribution in [2.24, 2.45) is 0 Å². The number of nitrogens with zero attached hydrogens (tertiary/aromatic N) is 2. The van der Waals surface area contributed by atoms with Crippen LogP contribution in [0, 0.1) is 17.0 Å². The van der Waals surface area contributed by atoms with Gasteiger partial charge in [-0.25, -0.2) is 4.98 Å². The summed E-state index contributed by atoms with van der Waals surface area (Å²) in [6, 6.07) is 5.68. The van der Waals surface area contributed by atoms with Gasteiger partial charge in [-0.05, 0) is 30.9 Å². The Balaban J connectivity index is 2.12. The first kappa shape index (κ1) is 13.5. The quantitative estimate of drug-likeness (QED) is 0.671. The normalized spacial score (nSPS) is 12.1. The van der Waals surface area contributed by atoms with E-state index in [1.807, 2.05) is 18.4 Å². The number of aromatic nitrogens is 1. The molecule has 0 aliphatic heterocycles. The van der Waals surface area contributed by atoms with Gasteiger partial charge in [-0.3, -0.25) is 10.1 Å². The van der Waals surface area contributed by atoms with Gasteiger partial charge in [-0.2, -0.15) is 0 Å². The van der Waals surface area contributed by atoms with Gasteiger partial charge in [-0.15, -0.1) is 11.3 Å². The van der Waals surface area contributed by atoms with E-state index in [0.717, 1.165) is 12.0 Å². The summed E-state index contributed by atoms with van der Waals surface area (Å²) in [5.41, 5.74) is 0.807. The maximum absolute atomic E-state index is 11.0. The second-order valence-corrected chi connectivity index (χ2v) is 5.50. The van der Waals surface area contributed by atoms with Crippen molar-refractivity contribution in [2.75, 3.05) is 5.32 Å². The highest BCUT2D eigenvalue weighted by molar-refractivity contribution is 7.09. The van der Waals surface area contributed by atoms with E-state index in [2.05, 4.69) is 16.4 Å². The Morgan fingerprint density at radius 2 is 2.37 bits per heavy atom. The number of nitro groups is 1. The Morgan fingerprint density at radius 3 is 3.00 bits per heavy atom. The molecule has 2 aromatic rings. The molecule has 0 saturated heterocycles. The second kappa shape index (κ2) is 5.79. The van der Waals surface area contributed by atoms with Gasteiger partial charge in [0.25, 0.3) is 0 Å². The molecule has 2 aromatic heterocycles. The monoisotopic (exact) mass is 277 g/mol. The topological polar surface area (TPSA) is 68.1 Å². The molecule has 0 aromatic carbocycles. The van der Waals surface area contributed by atoms with Crippen molar-refractivity contribution in [2.45, 2.75) is 26.3 Å². The van der Waals surface area contributed by atoms with Crippen molar-refractivity contribution >= 4 is 22.8 Å². The summed E-state index contributed by atoms with van der Waals surface area (Å²) in [5, 5.41) is 16.1. The zero-order valence-corrected chi connectivity index (χ0v) is 11.6. The van der Waals surface area contributed by atoms with Crippen molar-refractivity contribution in [3.63, 3.8) is 0 Å². The molecule has 0 amide bonds. The number of anilines is 1. The molecule has 0 saturated carbocycles. The molecular formula is C13H15N3O2S. The van der Waals surface area contributed by atoms with Gasteiger partial charge in [0, 0.05) is 29.6 Å². The molecule has 0 fully saturated rings. The van der Waals surface area contributed by atoms with Crippen LogP contribution >= 0.6 is 11.3 Å². The molecule has 2 rings (SSSR count). The van der Waals surface area contributed by atoms with Crippen LogP contribution < -0.4 is 5.32 Å². The maximum Gasteiger partial charge on any atom is 0.311 e. The first-order valence-corrected chi connectivity index (χ1v) is 6.84. The van der Waals surface area contributed by atoms with Gasteiger partial charge in [0.1, 0.15) is 0 Å². The summed E-state index contributed by atoms with van der Waals surface area (Å²) in [6.07, 6.45) is 2.46. The molecule has 0 bridgehead atoms. The molecule has 0 radical (unpaired) electrons. The number of thiophene rings is 1. The molecule has 1 N–H and O–H groups in total. The summed E-state index contributed by atoms with van der Waals surface area (Å²) < 4.78 is 0. The molecule has 0 aliphatic rings. The first-order valence-electron chi connectivity index (χ1n) is 5.96. The standard InChI is InChI=1S/C13H15N3O2S/c1-9-6-12(16(17)18)13(14-8-9)15-10(2)7-11-4-3-5-19-11/h3-6,8,10H,7H2,1-2H3,(H,14,15). The summed E-state index contributed by atoms with van der Waals surface area (Å²) in [6.45, 7) is 3.78. The Labute approximate surface area is 115 Å². The molecule has 6 heteroatoms. The largest absolute Gasteiger partial charge is 0.362 e. The minimum atomic E-state index is -0.403. The summed E-state index contributed by atoms with van der Waals surface area (Å²) in [4.78, 5) is 16.0. The van der Waals surface area contributed by atoms with E-state index in [-0.39, 0.29) is 11.7 Å². The van der Waals surface area contributed by atoms with Gasteiger partial charge in [0.05, 0.1) is 4.92 Å². The molecule has 0 aliphatic carbocycles. The highest BCUT2D eigenvalue weighted by atomic mass is 32.1. The number of pyridine rings is 1. The van der Waals surface area contributed by atoms with Crippen LogP contribution in [0.1, 0.15) is 17.4 Å². The molecule has 100 valence electrons. The summed E-state index contributed by atoms with van der Waals surface area (Å²) >= 11 is 1.68. The van der Waals surface area contributed by atoms with Gasteiger partial charge >= 0.3 is 5.69 Å². The van der Waals surface area contributed by atoms with Crippen molar-refractivity contribution in [1.29, 1.82) is 0 Å². The zero-order valence-electron chi connectivity index (χ0n) is 10.8. The van der Waals surface area contributed by atoms with Crippen LogP contribution in [0.3, 0.4) is 0 Å². The fourth-order valence-electron chi connectivity index (χ4n) is 1.82. The molecule has 5 nitrogen and oxygen atoms in total. The van der Waals surface area contributed by atoms with Crippen LogP contribution in [0.25, 0.3) is 0 Å². The van der Waals surface area contributed by atoms with Crippen molar-refractivity contribution in [3.8, 4) is 0 Å². The predicted octanol–water partition coefficient (Wildman–Crippen LogP) is 3.40. The fraction of sp³-hybridized carbons (Fsp3) is 0.308. The van der Waals surface area contributed by atoms with E-state index in [4.69, 9.17) is 0 Å². The Hall–Kier alpha value is -1.95. The third-order valence-corrected chi connectivity index (χ3v) is 3.57. The van der Waals surface area contributed by atoms with Crippen molar-refractivity contribution in [1.82, 2.24) is 4.98 Å². The Morgan fingerprint density at radius 1 is 1.58 bits per heavy atom. The number of nitrogens with one attached hydrogen (secondary N) is 1. The minimum Gasteiger partial charge on any atom is -0.362 e. The zero-order chi connectivity index (χ0) is 13.8. The first-order chi connectivity index (χ1) is 9.06. The lowest BCUT2D eigenvalue weighted by Gasteiger charge is -2.13. The molecule has 19 heavy (non-hydrogen) atoms. The van der Waals surface area contributed by atoms with Crippen LogP contribution in [0.5, 0.6) is 0 Å². The van der Waals surface area contributed by atoms with E-state index in [1.54, 1.807) is 24.5 Å². The average molecular weight is 277 g/mol. The summed E-state index contributed by atoms with van der Waals surface area (Å²) in [5.74, 6) is 0.333. The van der Waals surface area contributed by atoms with Crippen LogP contribution in [0.2, 0.25) is 0 Å².